The molecule has 0 aromatic carbocycles. The molecular formula is C17H18N2O3S. The van der Waals surface area contributed by atoms with Crippen LogP contribution in [0.1, 0.15) is 33.8 Å². The fraction of sp³-hybridized carbons (Fsp3) is 0.412. The Hall–Kier alpha value is -1.92. The van der Waals surface area contributed by atoms with E-state index in [0.717, 1.165) is 25.9 Å². The SMILES string of the molecule is O=C(c1cccc(=O)[nH]1)N1CCC2(CC1)OCCc1sccc12. The summed E-state index contributed by atoms with van der Waals surface area (Å²) < 4.78 is 6.15. The molecular weight excluding hydrogens is 312 g/mol. The zero-order chi connectivity index (χ0) is 15.9. The van der Waals surface area contributed by atoms with Crippen molar-refractivity contribution in [3.8, 4) is 0 Å². The molecule has 6 heteroatoms. The van der Waals surface area contributed by atoms with E-state index in [-0.39, 0.29) is 17.1 Å². The third kappa shape index (κ3) is 2.52. The maximum Gasteiger partial charge on any atom is 0.270 e. The van der Waals surface area contributed by atoms with Crippen molar-refractivity contribution in [3.63, 3.8) is 0 Å². The van der Waals surface area contributed by atoms with Gasteiger partial charge in [0.2, 0.25) is 5.56 Å². The predicted molar refractivity (Wildman–Crippen MR) is 87.9 cm³/mol. The summed E-state index contributed by atoms with van der Waals surface area (Å²) in [7, 11) is 0. The van der Waals surface area contributed by atoms with Gasteiger partial charge < -0.3 is 14.6 Å². The van der Waals surface area contributed by atoms with Crippen LogP contribution in [0.4, 0.5) is 0 Å². The van der Waals surface area contributed by atoms with Crippen molar-refractivity contribution in [3.05, 3.63) is 56.1 Å². The van der Waals surface area contributed by atoms with Gasteiger partial charge in [0, 0.05) is 30.5 Å². The molecule has 4 heterocycles. The van der Waals surface area contributed by atoms with Crippen LogP contribution in [0.15, 0.2) is 34.4 Å². The minimum absolute atomic E-state index is 0.112. The highest BCUT2D eigenvalue weighted by atomic mass is 32.1. The van der Waals surface area contributed by atoms with E-state index < -0.39 is 0 Å². The minimum atomic E-state index is -0.247. The number of pyridine rings is 1. The second-order valence-electron chi connectivity index (χ2n) is 6.07. The normalized spacial score (nSPS) is 19.6. The molecule has 4 rings (SSSR count). The quantitative estimate of drug-likeness (QED) is 0.871. The minimum Gasteiger partial charge on any atom is -0.370 e. The standard InChI is InChI=1S/C17H18N2O3S/c20-15-3-1-2-13(18-15)16(21)19-8-6-17(7-9-19)12-5-11-23-14(12)4-10-22-17/h1-3,5,11H,4,6-10H2,(H,18,20). The maximum atomic E-state index is 12.5. The van der Waals surface area contributed by atoms with Crippen LogP contribution in [0.25, 0.3) is 0 Å². The van der Waals surface area contributed by atoms with E-state index in [1.165, 1.54) is 16.5 Å². The van der Waals surface area contributed by atoms with Crippen molar-refractivity contribution in [1.82, 2.24) is 9.88 Å². The van der Waals surface area contributed by atoms with Crippen LogP contribution in [-0.2, 0) is 16.8 Å². The number of hydrogen-bond donors (Lipinski definition) is 1. The number of piperidine rings is 1. The van der Waals surface area contributed by atoms with Gasteiger partial charge in [-0.1, -0.05) is 6.07 Å². The average Bonchev–Trinajstić information content (AvgIpc) is 3.05. The van der Waals surface area contributed by atoms with Crippen LogP contribution in [0, 0.1) is 0 Å². The second-order valence-corrected chi connectivity index (χ2v) is 7.07. The smallest absolute Gasteiger partial charge is 0.270 e. The van der Waals surface area contributed by atoms with E-state index in [1.807, 2.05) is 0 Å². The van der Waals surface area contributed by atoms with E-state index in [9.17, 15) is 9.59 Å². The molecule has 120 valence electrons. The van der Waals surface area contributed by atoms with Crippen molar-refractivity contribution in [2.45, 2.75) is 24.9 Å². The largest absolute Gasteiger partial charge is 0.370 e. The summed E-state index contributed by atoms with van der Waals surface area (Å²) >= 11 is 1.80. The molecule has 1 N–H and O–H groups in total. The van der Waals surface area contributed by atoms with Gasteiger partial charge in [-0.15, -0.1) is 11.3 Å². The molecule has 0 radical (unpaired) electrons. The molecule has 1 amide bonds. The molecule has 2 aliphatic rings. The monoisotopic (exact) mass is 330 g/mol. The van der Waals surface area contributed by atoms with Gasteiger partial charge in [0.1, 0.15) is 5.69 Å². The summed E-state index contributed by atoms with van der Waals surface area (Å²) in [6.07, 6.45) is 2.60. The number of likely N-dealkylation sites (tertiary alicyclic amines) is 1. The summed E-state index contributed by atoms with van der Waals surface area (Å²) in [5, 5.41) is 2.13. The molecule has 0 saturated carbocycles. The average molecular weight is 330 g/mol. The maximum absolute atomic E-state index is 12.5. The number of aromatic nitrogens is 1. The van der Waals surface area contributed by atoms with Gasteiger partial charge in [-0.05, 0) is 35.9 Å². The number of H-pyrrole nitrogens is 1. The van der Waals surface area contributed by atoms with Crippen LogP contribution in [0.2, 0.25) is 0 Å². The lowest BCUT2D eigenvalue weighted by atomic mass is 9.82. The molecule has 2 aromatic heterocycles. The fourth-order valence-electron chi connectivity index (χ4n) is 3.58. The molecule has 0 aliphatic carbocycles. The zero-order valence-corrected chi connectivity index (χ0v) is 13.5. The zero-order valence-electron chi connectivity index (χ0n) is 12.7. The highest BCUT2D eigenvalue weighted by molar-refractivity contribution is 7.10. The number of amides is 1. The molecule has 0 unspecified atom stereocenters. The van der Waals surface area contributed by atoms with Crippen molar-refractivity contribution < 1.29 is 9.53 Å². The third-order valence-corrected chi connectivity index (χ3v) is 5.78. The van der Waals surface area contributed by atoms with E-state index in [0.29, 0.717) is 18.8 Å². The van der Waals surface area contributed by atoms with Crippen LogP contribution >= 0.6 is 11.3 Å². The number of carbonyl (C=O) groups is 1. The molecule has 1 fully saturated rings. The second kappa shape index (κ2) is 5.62. The molecule has 23 heavy (non-hydrogen) atoms. The Balaban J connectivity index is 1.52. The van der Waals surface area contributed by atoms with Gasteiger partial charge >= 0.3 is 0 Å². The summed E-state index contributed by atoms with van der Waals surface area (Å²) in [6, 6.07) is 6.85. The van der Waals surface area contributed by atoms with E-state index >= 15 is 0 Å². The number of rotatable bonds is 1. The summed E-state index contributed by atoms with van der Waals surface area (Å²) in [5.74, 6) is -0.112. The van der Waals surface area contributed by atoms with Gasteiger partial charge in [-0.3, -0.25) is 9.59 Å². The van der Waals surface area contributed by atoms with Crippen molar-refractivity contribution in [1.29, 1.82) is 0 Å². The number of hydrogen-bond acceptors (Lipinski definition) is 4. The molecule has 2 aromatic rings. The molecule has 1 saturated heterocycles. The lowest BCUT2D eigenvalue weighted by molar-refractivity contribution is -0.0926. The van der Waals surface area contributed by atoms with Crippen LogP contribution in [0.5, 0.6) is 0 Å². The first-order valence-electron chi connectivity index (χ1n) is 7.87. The van der Waals surface area contributed by atoms with Crippen LogP contribution in [-0.4, -0.2) is 35.5 Å². The van der Waals surface area contributed by atoms with E-state index in [2.05, 4.69) is 16.4 Å². The first-order chi connectivity index (χ1) is 11.2. The van der Waals surface area contributed by atoms with Crippen LogP contribution < -0.4 is 5.56 Å². The van der Waals surface area contributed by atoms with Gasteiger partial charge in [-0.25, -0.2) is 0 Å². The fourth-order valence-corrected chi connectivity index (χ4v) is 4.54. The molecule has 0 bridgehead atoms. The number of nitrogens with one attached hydrogen (secondary N) is 1. The number of nitrogens with zero attached hydrogens (tertiary/aromatic N) is 1. The predicted octanol–water partition coefficient (Wildman–Crippen LogP) is 2.14. The lowest BCUT2D eigenvalue weighted by Crippen LogP contribution is -2.48. The van der Waals surface area contributed by atoms with Crippen LogP contribution in [0.3, 0.4) is 0 Å². The van der Waals surface area contributed by atoms with E-state index in [1.54, 1.807) is 28.4 Å². The Morgan fingerprint density at radius 2 is 2.09 bits per heavy atom. The number of carbonyl (C=O) groups excluding carboxylic acids is 1. The highest BCUT2D eigenvalue weighted by Crippen LogP contribution is 2.43. The van der Waals surface area contributed by atoms with Crippen molar-refractivity contribution >= 4 is 17.2 Å². The van der Waals surface area contributed by atoms with Crippen molar-refractivity contribution in [2.24, 2.45) is 0 Å². The lowest BCUT2D eigenvalue weighted by Gasteiger charge is -2.44. The highest BCUT2D eigenvalue weighted by Gasteiger charge is 2.42. The molecule has 5 nitrogen and oxygen atoms in total. The first kappa shape index (κ1) is 14.7. The van der Waals surface area contributed by atoms with Gasteiger partial charge in [-0.2, -0.15) is 0 Å². The number of ether oxygens (including phenoxy) is 1. The van der Waals surface area contributed by atoms with Gasteiger partial charge in [0.05, 0.1) is 12.2 Å². The Labute approximate surface area is 137 Å². The number of aromatic amines is 1. The van der Waals surface area contributed by atoms with E-state index in [4.69, 9.17) is 4.74 Å². The van der Waals surface area contributed by atoms with Crippen molar-refractivity contribution in [2.75, 3.05) is 19.7 Å². The Morgan fingerprint density at radius 3 is 2.87 bits per heavy atom. The molecule has 2 aliphatic heterocycles. The number of fused-ring (bicyclic) bond motifs is 2. The third-order valence-electron chi connectivity index (χ3n) is 4.80. The number of thiophene rings is 1. The Kier molecular flexibility index (Phi) is 3.58. The summed E-state index contributed by atoms with van der Waals surface area (Å²) in [5.41, 5.74) is 1.19. The van der Waals surface area contributed by atoms with Gasteiger partial charge in [0.25, 0.3) is 5.91 Å². The first-order valence-corrected chi connectivity index (χ1v) is 8.75. The topological polar surface area (TPSA) is 62.4 Å². The molecule has 1 spiro atoms. The summed E-state index contributed by atoms with van der Waals surface area (Å²) in [4.78, 5) is 29.8. The Bertz CT molecular complexity index is 787. The Morgan fingerprint density at radius 1 is 1.26 bits per heavy atom. The van der Waals surface area contributed by atoms with Gasteiger partial charge in [0.15, 0.2) is 0 Å². The molecule has 0 atom stereocenters. The summed E-state index contributed by atoms with van der Waals surface area (Å²) in [6.45, 7) is 2.05.